The van der Waals surface area contributed by atoms with E-state index in [2.05, 4.69) is 6.58 Å². The van der Waals surface area contributed by atoms with Gasteiger partial charge in [-0.15, -0.1) is 0 Å². The normalized spacial score (nSPS) is 7.81. The molecule has 0 heterocycles. The van der Waals surface area contributed by atoms with Gasteiger partial charge in [0.05, 0.1) is 0 Å². The number of hydrogen-bond donors (Lipinski definition) is 1. The van der Waals surface area contributed by atoms with E-state index < -0.39 is 0 Å². The number of ether oxygens (including phenoxy) is 1. The molecule has 1 aromatic carbocycles. The molecular formula is C14H25NO. The third-order valence-electron chi connectivity index (χ3n) is 1.54. The van der Waals surface area contributed by atoms with E-state index in [-0.39, 0.29) is 5.88 Å². The molecule has 16 heavy (non-hydrogen) atoms. The highest BCUT2D eigenvalue weighted by Crippen LogP contribution is 2.04. The molecule has 0 saturated heterocycles. The Hall–Kier alpha value is -1.44. The maximum atomic E-state index is 5.25. The molecule has 2 nitrogen and oxygen atoms in total. The smallest absolute Gasteiger partial charge is 0.176 e. The van der Waals surface area contributed by atoms with Gasteiger partial charge < -0.3 is 10.5 Å². The molecule has 0 fully saturated rings. The van der Waals surface area contributed by atoms with Crippen LogP contribution in [0.25, 0.3) is 0 Å². The summed E-state index contributed by atoms with van der Waals surface area (Å²) in [5, 5.41) is 0. The molecule has 0 spiro atoms. The van der Waals surface area contributed by atoms with Gasteiger partial charge in [-0.1, -0.05) is 57.5 Å². The van der Waals surface area contributed by atoms with E-state index in [4.69, 9.17) is 10.5 Å². The second-order valence-corrected chi connectivity index (χ2v) is 2.74. The lowest BCUT2D eigenvalue weighted by atomic mass is 10.2. The number of aryl methyl sites for hydroxylation is 1. The SMILES string of the molecule is C=C(N)OCc1ccc(C)cc1.CC.CC. The molecule has 2 N–H and O–H groups in total. The Balaban J connectivity index is 0. The van der Waals surface area contributed by atoms with E-state index in [0.717, 1.165) is 5.56 Å². The van der Waals surface area contributed by atoms with E-state index >= 15 is 0 Å². The number of rotatable bonds is 3. The average molecular weight is 223 g/mol. The largest absolute Gasteiger partial charge is 0.475 e. The van der Waals surface area contributed by atoms with Crippen LogP contribution in [0.3, 0.4) is 0 Å². The first-order valence-electron chi connectivity index (χ1n) is 5.81. The van der Waals surface area contributed by atoms with Gasteiger partial charge in [-0.3, -0.25) is 0 Å². The summed E-state index contributed by atoms with van der Waals surface area (Å²) in [6.07, 6.45) is 0. The average Bonchev–Trinajstić information content (AvgIpc) is 2.33. The fraction of sp³-hybridized carbons (Fsp3) is 0.429. The Labute approximate surface area is 100 Å². The van der Waals surface area contributed by atoms with Crippen molar-refractivity contribution in [3.8, 4) is 0 Å². The predicted octanol–water partition coefficient (Wildman–Crippen LogP) is 3.99. The Kier molecular flexibility index (Phi) is 12.3. The van der Waals surface area contributed by atoms with Gasteiger partial charge in [0, 0.05) is 0 Å². The van der Waals surface area contributed by atoms with Crippen LogP contribution in [-0.4, -0.2) is 0 Å². The van der Waals surface area contributed by atoms with Crippen molar-refractivity contribution < 1.29 is 4.74 Å². The summed E-state index contributed by atoms with van der Waals surface area (Å²) < 4.78 is 5.05. The van der Waals surface area contributed by atoms with Gasteiger partial charge in [-0.25, -0.2) is 0 Å². The summed E-state index contributed by atoms with van der Waals surface area (Å²) in [5.74, 6) is 0.260. The van der Waals surface area contributed by atoms with Crippen LogP contribution >= 0.6 is 0 Å². The second kappa shape index (κ2) is 11.6. The zero-order valence-electron chi connectivity index (χ0n) is 11.2. The highest BCUT2D eigenvalue weighted by atomic mass is 16.5. The lowest BCUT2D eigenvalue weighted by Crippen LogP contribution is -2.00. The number of hydrogen-bond acceptors (Lipinski definition) is 2. The van der Waals surface area contributed by atoms with Gasteiger partial charge in [-0.05, 0) is 19.1 Å². The van der Waals surface area contributed by atoms with Crippen molar-refractivity contribution in [2.75, 3.05) is 0 Å². The molecule has 1 aromatic rings. The molecule has 0 aliphatic heterocycles. The quantitative estimate of drug-likeness (QED) is 0.786. The van der Waals surface area contributed by atoms with Gasteiger partial charge in [0.15, 0.2) is 5.88 Å². The summed E-state index contributed by atoms with van der Waals surface area (Å²) in [6, 6.07) is 8.10. The minimum absolute atomic E-state index is 0.260. The minimum atomic E-state index is 0.260. The van der Waals surface area contributed by atoms with Crippen LogP contribution in [0.1, 0.15) is 38.8 Å². The van der Waals surface area contributed by atoms with Crippen LogP contribution in [-0.2, 0) is 11.3 Å². The fourth-order valence-electron chi connectivity index (χ4n) is 0.860. The van der Waals surface area contributed by atoms with E-state index in [1.807, 2.05) is 58.9 Å². The van der Waals surface area contributed by atoms with Gasteiger partial charge in [0.2, 0.25) is 0 Å². The molecule has 0 atom stereocenters. The molecule has 0 aliphatic carbocycles. The van der Waals surface area contributed by atoms with Crippen LogP contribution in [0.15, 0.2) is 36.7 Å². The Morgan fingerprint density at radius 3 is 1.94 bits per heavy atom. The molecule has 0 unspecified atom stereocenters. The van der Waals surface area contributed by atoms with Crippen LogP contribution in [0.5, 0.6) is 0 Å². The third-order valence-corrected chi connectivity index (χ3v) is 1.54. The molecule has 0 radical (unpaired) electrons. The van der Waals surface area contributed by atoms with Gasteiger partial charge >= 0.3 is 0 Å². The standard InChI is InChI=1S/C10H13NO.2C2H6/c1-8-3-5-10(6-4-8)7-12-9(2)11;2*1-2/h3-6H,2,7,11H2,1H3;2*1-2H3. The van der Waals surface area contributed by atoms with E-state index in [1.54, 1.807) is 0 Å². The predicted molar refractivity (Wildman–Crippen MR) is 72.0 cm³/mol. The number of nitrogens with two attached hydrogens (primary N) is 1. The van der Waals surface area contributed by atoms with Crippen LogP contribution in [0.2, 0.25) is 0 Å². The Morgan fingerprint density at radius 1 is 1.12 bits per heavy atom. The monoisotopic (exact) mass is 223 g/mol. The first kappa shape index (κ1) is 17.0. The zero-order chi connectivity index (χ0) is 13.0. The molecule has 0 aliphatic rings. The lowest BCUT2D eigenvalue weighted by molar-refractivity contribution is 0.197. The third kappa shape index (κ3) is 9.13. The summed E-state index contributed by atoms with van der Waals surface area (Å²) in [4.78, 5) is 0. The van der Waals surface area contributed by atoms with Gasteiger partial charge in [0.25, 0.3) is 0 Å². The van der Waals surface area contributed by atoms with Crippen molar-refractivity contribution in [1.29, 1.82) is 0 Å². The highest BCUT2D eigenvalue weighted by Gasteiger charge is 1.92. The molecule has 1 rings (SSSR count). The second-order valence-electron chi connectivity index (χ2n) is 2.74. The molecular weight excluding hydrogens is 198 g/mol. The first-order valence-corrected chi connectivity index (χ1v) is 5.81. The van der Waals surface area contributed by atoms with Crippen molar-refractivity contribution in [2.45, 2.75) is 41.2 Å². The van der Waals surface area contributed by atoms with Crippen molar-refractivity contribution in [2.24, 2.45) is 5.73 Å². The Morgan fingerprint density at radius 2 is 1.56 bits per heavy atom. The maximum Gasteiger partial charge on any atom is 0.176 e. The maximum absolute atomic E-state index is 5.25. The van der Waals surface area contributed by atoms with Crippen LogP contribution < -0.4 is 5.73 Å². The summed E-state index contributed by atoms with van der Waals surface area (Å²) in [6.45, 7) is 14.0. The topological polar surface area (TPSA) is 35.2 Å². The number of benzene rings is 1. The Bertz CT molecular complexity index is 265. The van der Waals surface area contributed by atoms with Gasteiger partial charge in [0.1, 0.15) is 6.61 Å². The molecule has 0 amide bonds. The van der Waals surface area contributed by atoms with Gasteiger partial charge in [-0.2, -0.15) is 0 Å². The van der Waals surface area contributed by atoms with E-state index in [0.29, 0.717) is 6.61 Å². The molecule has 0 bridgehead atoms. The molecule has 92 valence electrons. The highest BCUT2D eigenvalue weighted by molar-refractivity contribution is 5.20. The van der Waals surface area contributed by atoms with Crippen molar-refractivity contribution in [3.05, 3.63) is 47.9 Å². The summed E-state index contributed by atoms with van der Waals surface area (Å²) in [7, 11) is 0. The van der Waals surface area contributed by atoms with E-state index in [1.165, 1.54) is 5.56 Å². The molecule has 2 heteroatoms. The molecule has 0 saturated carbocycles. The first-order chi connectivity index (χ1) is 7.68. The minimum Gasteiger partial charge on any atom is -0.475 e. The molecule has 0 aromatic heterocycles. The zero-order valence-corrected chi connectivity index (χ0v) is 11.2. The van der Waals surface area contributed by atoms with Crippen molar-refractivity contribution in [1.82, 2.24) is 0 Å². The van der Waals surface area contributed by atoms with E-state index in [9.17, 15) is 0 Å². The summed E-state index contributed by atoms with van der Waals surface area (Å²) in [5.41, 5.74) is 7.60. The van der Waals surface area contributed by atoms with Crippen molar-refractivity contribution in [3.63, 3.8) is 0 Å². The lowest BCUT2D eigenvalue weighted by Gasteiger charge is -2.04. The fourth-order valence-corrected chi connectivity index (χ4v) is 0.860. The summed E-state index contributed by atoms with van der Waals surface area (Å²) >= 11 is 0. The van der Waals surface area contributed by atoms with Crippen molar-refractivity contribution >= 4 is 0 Å². The van der Waals surface area contributed by atoms with Crippen LogP contribution in [0, 0.1) is 6.92 Å². The van der Waals surface area contributed by atoms with Crippen LogP contribution in [0.4, 0.5) is 0 Å².